The summed E-state index contributed by atoms with van der Waals surface area (Å²) < 4.78 is 0. The molecular formula is C3H7NS. The topological polar surface area (TPSA) is 12.4 Å². The van der Waals surface area contributed by atoms with Crippen LogP contribution >= 0.6 is 12.6 Å². The maximum absolute atomic E-state index is 3.85. The summed E-state index contributed by atoms with van der Waals surface area (Å²) in [5.74, 6) is 0.747. The molecule has 0 saturated heterocycles. The monoisotopic (exact) mass is 89.0 g/mol. The van der Waals surface area contributed by atoms with Gasteiger partial charge in [0.15, 0.2) is 0 Å². The average Bonchev–Trinajstić information content (AvgIpc) is 1.41. The maximum Gasteiger partial charge on any atom is 0.0273 e. The first kappa shape index (κ1) is 5.02. The van der Waals surface area contributed by atoms with E-state index in [4.69, 9.17) is 0 Å². The van der Waals surface area contributed by atoms with Crippen LogP contribution in [0.3, 0.4) is 0 Å². The van der Waals surface area contributed by atoms with Crippen molar-refractivity contribution in [2.75, 3.05) is 12.8 Å². The van der Waals surface area contributed by atoms with Gasteiger partial charge in [0.05, 0.1) is 0 Å². The average molecular weight is 89.2 g/mol. The SMILES string of the molecule is CN=CCS. The molecule has 0 heterocycles. The molecular weight excluding hydrogens is 82.1 g/mol. The molecule has 0 radical (unpaired) electrons. The van der Waals surface area contributed by atoms with Gasteiger partial charge < -0.3 is 0 Å². The normalized spacial score (nSPS) is 10.0. The van der Waals surface area contributed by atoms with Gasteiger partial charge in [-0.1, -0.05) is 0 Å². The molecule has 0 aromatic rings. The molecule has 0 spiro atoms. The molecule has 0 saturated carbocycles. The number of rotatable bonds is 1. The molecule has 1 nitrogen and oxygen atoms in total. The smallest absolute Gasteiger partial charge is 0.0273 e. The zero-order chi connectivity index (χ0) is 4.12. The van der Waals surface area contributed by atoms with Crippen molar-refractivity contribution in [3.05, 3.63) is 0 Å². The van der Waals surface area contributed by atoms with Gasteiger partial charge in [-0.2, -0.15) is 12.6 Å². The van der Waals surface area contributed by atoms with Crippen molar-refractivity contribution in [1.29, 1.82) is 0 Å². The Morgan fingerprint density at radius 2 is 2.60 bits per heavy atom. The number of hydrogen-bond acceptors (Lipinski definition) is 2. The number of nitrogens with zero attached hydrogens (tertiary/aromatic N) is 1. The Morgan fingerprint density at radius 1 is 2.00 bits per heavy atom. The summed E-state index contributed by atoms with van der Waals surface area (Å²) >= 11 is 3.85. The van der Waals surface area contributed by atoms with Crippen molar-refractivity contribution in [3.8, 4) is 0 Å². The first-order chi connectivity index (χ1) is 2.41. The van der Waals surface area contributed by atoms with Crippen LogP contribution in [0.5, 0.6) is 0 Å². The molecule has 0 aliphatic heterocycles. The van der Waals surface area contributed by atoms with Gasteiger partial charge in [0.25, 0.3) is 0 Å². The molecule has 0 aromatic carbocycles. The van der Waals surface area contributed by atoms with E-state index in [-0.39, 0.29) is 0 Å². The number of aliphatic imine (C=N–C) groups is 1. The Hall–Kier alpha value is 0.0200. The molecule has 2 heteroatoms. The van der Waals surface area contributed by atoms with Gasteiger partial charge in [-0.3, -0.25) is 4.99 Å². The van der Waals surface area contributed by atoms with Gasteiger partial charge >= 0.3 is 0 Å². The third-order valence-electron chi connectivity index (χ3n) is 0.264. The van der Waals surface area contributed by atoms with Gasteiger partial charge in [0.2, 0.25) is 0 Å². The van der Waals surface area contributed by atoms with Gasteiger partial charge in [-0.15, -0.1) is 0 Å². The van der Waals surface area contributed by atoms with E-state index in [1.165, 1.54) is 0 Å². The van der Waals surface area contributed by atoms with Crippen LogP contribution in [0.25, 0.3) is 0 Å². The zero-order valence-electron chi connectivity index (χ0n) is 3.18. The summed E-state index contributed by atoms with van der Waals surface area (Å²) in [4.78, 5) is 3.65. The fourth-order valence-electron chi connectivity index (χ4n) is 0.0816. The minimum Gasteiger partial charge on any atom is -0.300 e. The molecule has 0 amide bonds. The summed E-state index contributed by atoms with van der Waals surface area (Å²) in [7, 11) is 1.73. The Kier molecular flexibility index (Phi) is 4.04. The maximum atomic E-state index is 3.85. The fraction of sp³-hybridized carbons (Fsp3) is 0.667. The van der Waals surface area contributed by atoms with Crippen LogP contribution in [-0.4, -0.2) is 19.0 Å². The van der Waals surface area contributed by atoms with Crippen molar-refractivity contribution in [2.45, 2.75) is 0 Å². The van der Waals surface area contributed by atoms with Gasteiger partial charge in [-0.05, 0) is 0 Å². The minimum atomic E-state index is 0.747. The predicted molar refractivity (Wildman–Crippen MR) is 28.3 cm³/mol. The Morgan fingerprint density at radius 3 is 2.60 bits per heavy atom. The summed E-state index contributed by atoms with van der Waals surface area (Å²) in [5.41, 5.74) is 0. The lowest BCUT2D eigenvalue weighted by Crippen LogP contribution is -1.67. The summed E-state index contributed by atoms with van der Waals surface area (Å²) in [6.45, 7) is 0. The van der Waals surface area contributed by atoms with E-state index in [2.05, 4.69) is 17.6 Å². The molecule has 0 bridgehead atoms. The quantitative estimate of drug-likeness (QED) is 0.357. The summed E-state index contributed by atoms with van der Waals surface area (Å²) in [6.07, 6.45) is 1.74. The van der Waals surface area contributed by atoms with Crippen LogP contribution in [0.15, 0.2) is 4.99 Å². The van der Waals surface area contributed by atoms with Crippen molar-refractivity contribution in [3.63, 3.8) is 0 Å². The molecule has 0 aliphatic rings. The Labute approximate surface area is 37.5 Å². The molecule has 0 aliphatic carbocycles. The van der Waals surface area contributed by atoms with Crippen molar-refractivity contribution < 1.29 is 0 Å². The van der Waals surface area contributed by atoms with Crippen LogP contribution in [0.1, 0.15) is 0 Å². The third kappa shape index (κ3) is 4.02. The second-order valence-electron chi connectivity index (χ2n) is 0.623. The van der Waals surface area contributed by atoms with Crippen LogP contribution < -0.4 is 0 Å². The molecule has 0 aromatic heterocycles. The second-order valence-corrected chi connectivity index (χ2v) is 0.988. The molecule has 5 heavy (non-hydrogen) atoms. The highest BCUT2D eigenvalue weighted by Crippen LogP contribution is 1.61. The van der Waals surface area contributed by atoms with E-state index in [0.29, 0.717) is 0 Å². The largest absolute Gasteiger partial charge is 0.300 e. The Bertz CT molecular complexity index is 33.9. The van der Waals surface area contributed by atoms with Crippen LogP contribution in [0, 0.1) is 0 Å². The summed E-state index contributed by atoms with van der Waals surface area (Å²) in [6, 6.07) is 0. The lowest BCUT2D eigenvalue weighted by molar-refractivity contribution is 1.46. The van der Waals surface area contributed by atoms with Gasteiger partial charge in [0.1, 0.15) is 0 Å². The molecule has 0 unspecified atom stereocenters. The predicted octanol–water partition coefficient (Wildman–Crippen LogP) is 0.617. The lowest BCUT2D eigenvalue weighted by atomic mass is 10.9. The standard InChI is InChI=1S/C3H7NS/c1-4-2-3-5/h2,5H,3H2,1H3. The first-order valence-electron chi connectivity index (χ1n) is 1.43. The highest BCUT2D eigenvalue weighted by atomic mass is 32.1. The number of thiol groups is 1. The van der Waals surface area contributed by atoms with Crippen molar-refractivity contribution in [1.82, 2.24) is 0 Å². The zero-order valence-corrected chi connectivity index (χ0v) is 4.07. The van der Waals surface area contributed by atoms with Crippen LogP contribution in [0.2, 0.25) is 0 Å². The highest BCUT2D eigenvalue weighted by molar-refractivity contribution is 7.80. The van der Waals surface area contributed by atoms with Crippen LogP contribution in [0.4, 0.5) is 0 Å². The van der Waals surface area contributed by atoms with E-state index < -0.39 is 0 Å². The fourth-order valence-corrected chi connectivity index (χ4v) is 0.245. The lowest BCUT2D eigenvalue weighted by Gasteiger charge is -1.65. The van der Waals surface area contributed by atoms with Crippen LogP contribution in [-0.2, 0) is 0 Å². The minimum absolute atomic E-state index is 0.747. The van der Waals surface area contributed by atoms with E-state index >= 15 is 0 Å². The first-order valence-corrected chi connectivity index (χ1v) is 2.06. The van der Waals surface area contributed by atoms with Crippen molar-refractivity contribution >= 4 is 18.8 Å². The third-order valence-corrected chi connectivity index (χ3v) is 0.428. The molecule has 0 atom stereocenters. The molecule has 0 fully saturated rings. The van der Waals surface area contributed by atoms with E-state index in [0.717, 1.165) is 5.75 Å². The van der Waals surface area contributed by atoms with Crippen molar-refractivity contribution in [2.24, 2.45) is 4.99 Å². The van der Waals surface area contributed by atoms with Gasteiger partial charge in [0, 0.05) is 19.0 Å². The van der Waals surface area contributed by atoms with Gasteiger partial charge in [-0.25, -0.2) is 0 Å². The molecule has 0 N–H and O–H groups in total. The second kappa shape index (κ2) is 4.02. The number of hydrogen-bond donors (Lipinski definition) is 1. The summed E-state index contributed by atoms with van der Waals surface area (Å²) in [5, 5.41) is 0. The molecule has 30 valence electrons. The van der Waals surface area contributed by atoms with E-state index in [1.807, 2.05) is 0 Å². The van der Waals surface area contributed by atoms with E-state index in [9.17, 15) is 0 Å². The molecule has 0 rings (SSSR count). The van der Waals surface area contributed by atoms with E-state index in [1.54, 1.807) is 13.3 Å². The Balaban J connectivity index is 2.62. The highest BCUT2D eigenvalue weighted by Gasteiger charge is 1.53.